The van der Waals surface area contributed by atoms with E-state index in [0.717, 1.165) is 18.4 Å². The van der Waals surface area contributed by atoms with Crippen LogP contribution in [0.5, 0.6) is 0 Å². The summed E-state index contributed by atoms with van der Waals surface area (Å²) in [6, 6.07) is 3.70. The predicted octanol–water partition coefficient (Wildman–Crippen LogP) is 1.25. The number of hydrogen-bond donors (Lipinski definition) is 2. The zero-order valence-electron chi connectivity index (χ0n) is 11.5. The molecule has 5 heteroatoms. The van der Waals surface area contributed by atoms with Crippen LogP contribution in [0.3, 0.4) is 0 Å². The first kappa shape index (κ1) is 15.1. The van der Waals surface area contributed by atoms with Gasteiger partial charge in [0.15, 0.2) is 0 Å². The van der Waals surface area contributed by atoms with Crippen molar-refractivity contribution in [2.24, 2.45) is 5.92 Å². The fourth-order valence-electron chi connectivity index (χ4n) is 1.74. The van der Waals surface area contributed by atoms with Crippen LogP contribution in [0.2, 0.25) is 0 Å². The minimum Gasteiger partial charge on any atom is -0.350 e. The van der Waals surface area contributed by atoms with Gasteiger partial charge in [-0.15, -0.1) is 0 Å². The summed E-state index contributed by atoms with van der Waals surface area (Å²) < 4.78 is 0. The second-order valence-electron chi connectivity index (χ2n) is 4.37. The maximum absolute atomic E-state index is 11.7. The van der Waals surface area contributed by atoms with Crippen molar-refractivity contribution in [3.05, 3.63) is 30.1 Å². The van der Waals surface area contributed by atoms with Crippen LogP contribution in [0.15, 0.2) is 24.5 Å². The van der Waals surface area contributed by atoms with Gasteiger partial charge in [0.2, 0.25) is 11.8 Å². The number of pyridine rings is 1. The number of nitrogens with one attached hydrogen (secondary N) is 2. The van der Waals surface area contributed by atoms with Gasteiger partial charge in [-0.05, 0) is 24.5 Å². The van der Waals surface area contributed by atoms with E-state index in [1.807, 2.05) is 26.0 Å². The van der Waals surface area contributed by atoms with Gasteiger partial charge in [-0.25, -0.2) is 0 Å². The lowest BCUT2D eigenvalue weighted by atomic mass is 10.0. The van der Waals surface area contributed by atoms with E-state index in [2.05, 4.69) is 15.6 Å². The highest BCUT2D eigenvalue weighted by Gasteiger charge is 2.14. The Kier molecular flexibility index (Phi) is 6.57. The van der Waals surface area contributed by atoms with Crippen LogP contribution in [-0.4, -0.2) is 23.3 Å². The van der Waals surface area contributed by atoms with Crippen LogP contribution >= 0.6 is 0 Å². The van der Waals surface area contributed by atoms with Gasteiger partial charge < -0.3 is 10.6 Å². The summed E-state index contributed by atoms with van der Waals surface area (Å²) in [5, 5.41) is 5.39. The van der Waals surface area contributed by atoms with E-state index in [4.69, 9.17) is 0 Å². The molecule has 0 unspecified atom stereocenters. The minimum atomic E-state index is -0.192. The number of nitrogens with zero attached hydrogens (tertiary/aromatic N) is 1. The Hall–Kier alpha value is -1.91. The first-order valence-electron chi connectivity index (χ1n) is 6.60. The SMILES string of the molecule is CCC(CC)C(=O)NCC(=O)NCc1cccnc1. The topological polar surface area (TPSA) is 71.1 Å². The molecule has 0 aliphatic heterocycles. The number of carbonyl (C=O) groups excluding carboxylic acids is 2. The molecule has 0 radical (unpaired) electrons. The highest BCUT2D eigenvalue weighted by molar-refractivity contribution is 5.85. The van der Waals surface area contributed by atoms with Crippen molar-refractivity contribution < 1.29 is 9.59 Å². The number of aromatic nitrogens is 1. The van der Waals surface area contributed by atoms with Crippen molar-refractivity contribution in [1.82, 2.24) is 15.6 Å². The minimum absolute atomic E-state index is 0.00822. The molecule has 1 rings (SSSR count). The summed E-state index contributed by atoms with van der Waals surface area (Å²) in [7, 11) is 0. The average Bonchev–Trinajstić information content (AvgIpc) is 2.45. The maximum atomic E-state index is 11.7. The van der Waals surface area contributed by atoms with E-state index in [1.165, 1.54) is 0 Å². The molecule has 1 aromatic heterocycles. The number of carbonyl (C=O) groups is 2. The van der Waals surface area contributed by atoms with Gasteiger partial charge in [-0.1, -0.05) is 19.9 Å². The molecule has 2 N–H and O–H groups in total. The van der Waals surface area contributed by atoms with E-state index in [-0.39, 0.29) is 24.3 Å². The molecule has 1 heterocycles. The van der Waals surface area contributed by atoms with Gasteiger partial charge in [-0.2, -0.15) is 0 Å². The molecule has 0 aliphatic rings. The maximum Gasteiger partial charge on any atom is 0.239 e. The fraction of sp³-hybridized carbons (Fsp3) is 0.500. The monoisotopic (exact) mass is 263 g/mol. The van der Waals surface area contributed by atoms with E-state index in [1.54, 1.807) is 12.4 Å². The molecule has 0 spiro atoms. The Labute approximate surface area is 113 Å². The molecular weight excluding hydrogens is 242 g/mol. The van der Waals surface area contributed by atoms with E-state index in [9.17, 15) is 9.59 Å². The highest BCUT2D eigenvalue weighted by atomic mass is 16.2. The van der Waals surface area contributed by atoms with Crippen LogP contribution < -0.4 is 10.6 Å². The van der Waals surface area contributed by atoms with Gasteiger partial charge in [0.25, 0.3) is 0 Å². The molecule has 19 heavy (non-hydrogen) atoms. The first-order valence-corrected chi connectivity index (χ1v) is 6.60. The third kappa shape index (κ3) is 5.50. The van der Waals surface area contributed by atoms with Crippen molar-refractivity contribution in [2.75, 3.05) is 6.54 Å². The summed E-state index contributed by atoms with van der Waals surface area (Å²) in [4.78, 5) is 27.2. The lowest BCUT2D eigenvalue weighted by Crippen LogP contribution is -2.39. The van der Waals surface area contributed by atoms with Crippen LogP contribution in [0.25, 0.3) is 0 Å². The summed E-state index contributed by atoms with van der Waals surface area (Å²) >= 11 is 0. The molecule has 0 aromatic carbocycles. The van der Waals surface area contributed by atoms with Crippen LogP contribution in [0, 0.1) is 5.92 Å². The highest BCUT2D eigenvalue weighted by Crippen LogP contribution is 2.06. The summed E-state index contributed by atoms with van der Waals surface area (Å²) in [6.07, 6.45) is 4.96. The molecule has 0 aliphatic carbocycles. The van der Waals surface area contributed by atoms with Gasteiger partial charge in [0.05, 0.1) is 6.54 Å². The Morgan fingerprint density at radius 2 is 2.00 bits per heavy atom. The summed E-state index contributed by atoms with van der Waals surface area (Å²) in [5.41, 5.74) is 0.933. The van der Waals surface area contributed by atoms with Crippen molar-refractivity contribution in [1.29, 1.82) is 0 Å². The normalized spacial score (nSPS) is 10.3. The number of amides is 2. The third-order valence-electron chi connectivity index (χ3n) is 2.99. The zero-order chi connectivity index (χ0) is 14.1. The zero-order valence-corrected chi connectivity index (χ0v) is 11.5. The molecule has 0 saturated heterocycles. The standard InChI is InChI=1S/C14H21N3O2/c1-3-12(4-2)14(19)17-10-13(18)16-9-11-6-5-7-15-8-11/h5-8,12H,3-4,9-10H2,1-2H3,(H,16,18)(H,17,19). The number of rotatable bonds is 7. The quantitative estimate of drug-likeness (QED) is 0.777. The third-order valence-corrected chi connectivity index (χ3v) is 2.99. The Morgan fingerprint density at radius 1 is 1.26 bits per heavy atom. The van der Waals surface area contributed by atoms with Crippen molar-refractivity contribution in [3.8, 4) is 0 Å². The molecular formula is C14H21N3O2. The van der Waals surface area contributed by atoms with E-state index >= 15 is 0 Å². The molecule has 104 valence electrons. The van der Waals surface area contributed by atoms with Gasteiger partial charge in [0, 0.05) is 24.9 Å². The Bertz CT molecular complexity index is 402. The molecule has 0 atom stereocenters. The molecule has 5 nitrogen and oxygen atoms in total. The van der Waals surface area contributed by atoms with Gasteiger partial charge in [0.1, 0.15) is 0 Å². The Balaban J connectivity index is 2.26. The average molecular weight is 263 g/mol. The van der Waals surface area contributed by atoms with Crippen LogP contribution in [-0.2, 0) is 16.1 Å². The largest absolute Gasteiger partial charge is 0.350 e. The second kappa shape index (κ2) is 8.24. The number of hydrogen-bond acceptors (Lipinski definition) is 3. The second-order valence-corrected chi connectivity index (χ2v) is 4.37. The van der Waals surface area contributed by atoms with E-state index in [0.29, 0.717) is 6.54 Å². The molecule has 0 saturated carbocycles. The smallest absolute Gasteiger partial charge is 0.239 e. The first-order chi connectivity index (χ1) is 9.17. The lowest BCUT2D eigenvalue weighted by molar-refractivity contribution is -0.128. The van der Waals surface area contributed by atoms with Crippen LogP contribution in [0.4, 0.5) is 0 Å². The van der Waals surface area contributed by atoms with E-state index < -0.39 is 0 Å². The predicted molar refractivity (Wildman–Crippen MR) is 73.2 cm³/mol. The Morgan fingerprint density at radius 3 is 2.58 bits per heavy atom. The van der Waals surface area contributed by atoms with Crippen molar-refractivity contribution in [2.45, 2.75) is 33.2 Å². The lowest BCUT2D eigenvalue weighted by Gasteiger charge is -2.12. The fourth-order valence-corrected chi connectivity index (χ4v) is 1.74. The molecule has 0 bridgehead atoms. The van der Waals surface area contributed by atoms with Gasteiger partial charge >= 0.3 is 0 Å². The van der Waals surface area contributed by atoms with Crippen molar-refractivity contribution in [3.63, 3.8) is 0 Å². The summed E-state index contributed by atoms with van der Waals surface area (Å²) in [5.74, 6) is -0.254. The van der Waals surface area contributed by atoms with Crippen LogP contribution in [0.1, 0.15) is 32.3 Å². The van der Waals surface area contributed by atoms with Gasteiger partial charge in [-0.3, -0.25) is 14.6 Å². The molecule has 0 fully saturated rings. The van der Waals surface area contributed by atoms with Crippen molar-refractivity contribution >= 4 is 11.8 Å². The molecule has 2 amide bonds. The molecule has 1 aromatic rings. The summed E-state index contributed by atoms with van der Waals surface area (Å²) in [6.45, 7) is 4.38.